The normalized spacial score (nSPS) is 21.8. The van der Waals surface area contributed by atoms with Gasteiger partial charge in [-0.1, -0.05) is 6.08 Å². The summed E-state index contributed by atoms with van der Waals surface area (Å²) < 4.78 is 5.38. The molecule has 12 heavy (non-hydrogen) atoms. The van der Waals surface area contributed by atoms with E-state index in [1.165, 1.54) is 0 Å². The SMILES string of the molecule is OC1=C(OC2=NCCC2)C=CC1. The van der Waals surface area contributed by atoms with Gasteiger partial charge in [0.2, 0.25) is 0 Å². The van der Waals surface area contributed by atoms with E-state index in [9.17, 15) is 5.11 Å². The van der Waals surface area contributed by atoms with Crippen LogP contribution in [0.1, 0.15) is 19.3 Å². The molecule has 0 saturated heterocycles. The lowest BCUT2D eigenvalue weighted by Crippen LogP contribution is -2.00. The van der Waals surface area contributed by atoms with Gasteiger partial charge in [0.25, 0.3) is 0 Å². The number of aliphatic hydroxyl groups is 1. The monoisotopic (exact) mass is 165 g/mol. The second-order valence-corrected chi connectivity index (χ2v) is 2.90. The maximum atomic E-state index is 9.29. The largest absolute Gasteiger partial charge is 0.508 e. The molecule has 0 saturated carbocycles. The van der Waals surface area contributed by atoms with Crippen molar-refractivity contribution in [1.29, 1.82) is 0 Å². The zero-order valence-electron chi connectivity index (χ0n) is 6.79. The smallest absolute Gasteiger partial charge is 0.190 e. The Morgan fingerprint density at radius 2 is 2.42 bits per heavy atom. The quantitative estimate of drug-likeness (QED) is 0.645. The number of hydrogen-bond donors (Lipinski definition) is 1. The van der Waals surface area contributed by atoms with Crippen molar-refractivity contribution in [2.75, 3.05) is 6.54 Å². The van der Waals surface area contributed by atoms with Gasteiger partial charge < -0.3 is 9.84 Å². The van der Waals surface area contributed by atoms with Crippen LogP contribution in [0.15, 0.2) is 28.7 Å². The molecule has 1 aliphatic heterocycles. The molecule has 1 heterocycles. The first-order valence-corrected chi connectivity index (χ1v) is 4.16. The predicted octanol–water partition coefficient (Wildman–Crippen LogP) is 1.92. The van der Waals surface area contributed by atoms with Gasteiger partial charge in [0.05, 0.1) is 0 Å². The molecule has 0 radical (unpaired) electrons. The van der Waals surface area contributed by atoms with Crippen molar-refractivity contribution in [2.45, 2.75) is 19.3 Å². The Morgan fingerprint density at radius 1 is 1.50 bits per heavy atom. The molecule has 0 unspecified atom stereocenters. The van der Waals surface area contributed by atoms with Crippen LogP contribution in [0.4, 0.5) is 0 Å². The molecular weight excluding hydrogens is 154 g/mol. The average molecular weight is 165 g/mol. The van der Waals surface area contributed by atoms with Gasteiger partial charge in [-0.05, 0) is 12.5 Å². The lowest BCUT2D eigenvalue weighted by molar-refractivity contribution is 0.339. The zero-order valence-corrected chi connectivity index (χ0v) is 6.79. The van der Waals surface area contributed by atoms with Gasteiger partial charge in [-0.15, -0.1) is 0 Å². The van der Waals surface area contributed by atoms with Gasteiger partial charge in [0.1, 0.15) is 5.76 Å². The van der Waals surface area contributed by atoms with Crippen molar-refractivity contribution < 1.29 is 9.84 Å². The highest BCUT2D eigenvalue weighted by Crippen LogP contribution is 2.19. The van der Waals surface area contributed by atoms with E-state index in [-0.39, 0.29) is 0 Å². The molecule has 2 aliphatic rings. The molecule has 0 aromatic carbocycles. The fourth-order valence-corrected chi connectivity index (χ4v) is 1.29. The topological polar surface area (TPSA) is 41.8 Å². The fourth-order valence-electron chi connectivity index (χ4n) is 1.29. The molecule has 0 aromatic rings. The van der Waals surface area contributed by atoms with Crippen molar-refractivity contribution in [3.05, 3.63) is 23.7 Å². The van der Waals surface area contributed by atoms with E-state index in [4.69, 9.17) is 4.74 Å². The minimum Gasteiger partial charge on any atom is -0.508 e. The predicted molar refractivity (Wildman–Crippen MR) is 46.0 cm³/mol. The minimum atomic E-state index is 0.310. The molecule has 2 rings (SSSR count). The number of aliphatic imine (C=N–C) groups is 1. The number of aliphatic hydroxyl groups excluding tert-OH is 1. The molecule has 1 N–H and O–H groups in total. The molecule has 3 heteroatoms. The second kappa shape index (κ2) is 3.01. The molecule has 0 atom stereocenters. The molecular formula is C9H11NO2. The van der Waals surface area contributed by atoms with Gasteiger partial charge in [-0.25, -0.2) is 0 Å². The summed E-state index contributed by atoms with van der Waals surface area (Å²) in [6, 6.07) is 0. The summed E-state index contributed by atoms with van der Waals surface area (Å²) in [5.41, 5.74) is 0. The van der Waals surface area contributed by atoms with E-state index in [2.05, 4.69) is 4.99 Å². The Balaban J connectivity index is 2.02. The summed E-state index contributed by atoms with van der Waals surface area (Å²) in [7, 11) is 0. The number of hydrogen-bond acceptors (Lipinski definition) is 3. The summed E-state index contributed by atoms with van der Waals surface area (Å²) in [6.07, 6.45) is 6.21. The van der Waals surface area contributed by atoms with Crippen LogP contribution in [0.5, 0.6) is 0 Å². The fraction of sp³-hybridized carbons (Fsp3) is 0.444. The summed E-state index contributed by atoms with van der Waals surface area (Å²) in [5, 5.41) is 9.29. The Kier molecular flexibility index (Phi) is 1.86. The van der Waals surface area contributed by atoms with Crippen molar-refractivity contribution in [3.63, 3.8) is 0 Å². The van der Waals surface area contributed by atoms with Crippen LogP contribution in [-0.4, -0.2) is 17.5 Å². The van der Waals surface area contributed by atoms with Crippen LogP contribution < -0.4 is 0 Å². The van der Waals surface area contributed by atoms with E-state index < -0.39 is 0 Å². The first-order valence-electron chi connectivity index (χ1n) is 4.16. The van der Waals surface area contributed by atoms with E-state index in [0.717, 1.165) is 25.3 Å². The number of allylic oxidation sites excluding steroid dienone is 2. The summed E-state index contributed by atoms with van der Waals surface area (Å²) in [5.74, 6) is 1.63. The van der Waals surface area contributed by atoms with E-state index in [1.54, 1.807) is 6.08 Å². The molecule has 0 aromatic heterocycles. The zero-order chi connectivity index (χ0) is 8.39. The van der Waals surface area contributed by atoms with Gasteiger partial charge in [-0.3, -0.25) is 4.99 Å². The third-order valence-corrected chi connectivity index (χ3v) is 1.93. The Bertz CT molecular complexity index is 276. The first kappa shape index (κ1) is 7.40. The van der Waals surface area contributed by atoms with Gasteiger partial charge >= 0.3 is 0 Å². The van der Waals surface area contributed by atoms with Crippen LogP contribution in [0.3, 0.4) is 0 Å². The highest BCUT2D eigenvalue weighted by molar-refractivity contribution is 5.79. The van der Waals surface area contributed by atoms with Crippen molar-refractivity contribution >= 4 is 5.90 Å². The third-order valence-electron chi connectivity index (χ3n) is 1.93. The van der Waals surface area contributed by atoms with Gasteiger partial charge in [0.15, 0.2) is 11.7 Å². The van der Waals surface area contributed by atoms with E-state index in [0.29, 0.717) is 17.9 Å². The molecule has 3 nitrogen and oxygen atoms in total. The Hall–Kier alpha value is -1.25. The molecule has 0 spiro atoms. The van der Waals surface area contributed by atoms with Crippen LogP contribution in [0.25, 0.3) is 0 Å². The van der Waals surface area contributed by atoms with Crippen molar-refractivity contribution in [1.82, 2.24) is 0 Å². The molecule has 0 amide bonds. The summed E-state index contributed by atoms with van der Waals surface area (Å²) in [4.78, 5) is 4.15. The summed E-state index contributed by atoms with van der Waals surface area (Å²) >= 11 is 0. The standard InChI is InChI=1S/C9H11NO2/c11-7-3-1-4-8(7)12-9-5-2-6-10-9/h1,4,11H,2-3,5-6H2. The van der Waals surface area contributed by atoms with Gasteiger partial charge in [-0.2, -0.15) is 0 Å². The average Bonchev–Trinajstić information content (AvgIpc) is 2.65. The molecule has 0 fully saturated rings. The highest BCUT2D eigenvalue weighted by atomic mass is 16.5. The first-order chi connectivity index (χ1) is 5.86. The van der Waals surface area contributed by atoms with Crippen LogP contribution in [-0.2, 0) is 4.74 Å². The number of ether oxygens (including phenoxy) is 1. The van der Waals surface area contributed by atoms with E-state index >= 15 is 0 Å². The van der Waals surface area contributed by atoms with Crippen LogP contribution in [0, 0.1) is 0 Å². The Morgan fingerprint density at radius 3 is 3.00 bits per heavy atom. The third kappa shape index (κ3) is 1.35. The van der Waals surface area contributed by atoms with E-state index in [1.807, 2.05) is 6.08 Å². The second-order valence-electron chi connectivity index (χ2n) is 2.90. The molecule has 0 bridgehead atoms. The van der Waals surface area contributed by atoms with Crippen LogP contribution in [0.2, 0.25) is 0 Å². The lowest BCUT2D eigenvalue weighted by atomic mass is 10.3. The molecule has 1 aliphatic carbocycles. The maximum Gasteiger partial charge on any atom is 0.190 e. The molecule has 64 valence electrons. The number of rotatable bonds is 1. The minimum absolute atomic E-state index is 0.310. The van der Waals surface area contributed by atoms with Crippen molar-refractivity contribution in [3.8, 4) is 0 Å². The highest BCUT2D eigenvalue weighted by Gasteiger charge is 2.14. The van der Waals surface area contributed by atoms with Crippen molar-refractivity contribution in [2.24, 2.45) is 4.99 Å². The lowest BCUT2D eigenvalue weighted by Gasteiger charge is -2.03. The number of nitrogens with zero attached hydrogens (tertiary/aromatic N) is 1. The van der Waals surface area contributed by atoms with Gasteiger partial charge in [0, 0.05) is 19.4 Å². The summed E-state index contributed by atoms with van der Waals surface area (Å²) in [6.45, 7) is 0.854. The maximum absolute atomic E-state index is 9.29. The van der Waals surface area contributed by atoms with Crippen LogP contribution >= 0.6 is 0 Å². The Labute approximate surface area is 71.1 Å².